The Labute approximate surface area is 491 Å². The molecular formula is C62H89ClN14O4Si. The minimum Gasteiger partial charge on any atom is -0.415 e. The molecule has 6 N–H and O–H groups in total. The van der Waals surface area contributed by atoms with Crippen molar-refractivity contribution >= 4 is 49.3 Å². The molecule has 82 heavy (non-hydrogen) atoms. The third-order valence-electron chi connectivity index (χ3n) is 17.3. The zero-order chi connectivity index (χ0) is 58.6. The first-order valence-electron chi connectivity index (χ1n) is 29.7. The van der Waals surface area contributed by atoms with Gasteiger partial charge in [-0.05, 0) is 151 Å². The monoisotopic (exact) mass is 1160 g/mol. The predicted octanol–water partition coefficient (Wildman–Crippen LogP) is 12.3. The maximum absolute atomic E-state index is 13.1. The Hall–Kier alpha value is -6.41. The molecule has 0 bridgehead atoms. The fourth-order valence-electron chi connectivity index (χ4n) is 11.1. The van der Waals surface area contributed by atoms with Gasteiger partial charge in [0, 0.05) is 62.1 Å². The number of carbonyl (C=O) groups excluding carboxylic acids is 2. The van der Waals surface area contributed by atoms with Crippen molar-refractivity contribution in [1.82, 2.24) is 59.9 Å². The number of nitrogens with zero attached hydrogens (tertiary/aromatic N) is 10. The lowest BCUT2D eigenvalue weighted by atomic mass is 9.95. The molecule has 6 heterocycles. The number of anilines is 3. The second kappa shape index (κ2) is 28.2. The van der Waals surface area contributed by atoms with Crippen LogP contribution in [0.15, 0.2) is 85.7 Å². The highest BCUT2D eigenvalue weighted by Gasteiger charge is 2.37. The molecule has 442 valence electrons. The summed E-state index contributed by atoms with van der Waals surface area (Å²) in [4.78, 5) is 47.4. The van der Waals surface area contributed by atoms with Crippen molar-refractivity contribution < 1.29 is 19.1 Å². The van der Waals surface area contributed by atoms with Gasteiger partial charge < -0.3 is 41.0 Å². The average molecular weight is 1160 g/mol. The van der Waals surface area contributed by atoms with Crippen molar-refractivity contribution in [2.24, 2.45) is 23.7 Å². The van der Waals surface area contributed by atoms with Crippen LogP contribution in [0.2, 0.25) is 23.4 Å². The fraction of sp³-hybridized carbons (Fsp3) is 0.548. The lowest BCUT2D eigenvalue weighted by Gasteiger charge is -2.36. The van der Waals surface area contributed by atoms with Gasteiger partial charge in [-0.25, -0.2) is 29.5 Å². The van der Waals surface area contributed by atoms with Crippen LogP contribution in [0, 0.1) is 23.7 Å². The number of halogens is 1. The van der Waals surface area contributed by atoms with Crippen LogP contribution in [0.1, 0.15) is 134 Å². The lowest BCUT2D eigenvalue weighted by Crippen LogP contribution is -2.41. The molecule has 4 unspecified atom stereocenters. The van der Waals surface area contributed by atoms with Crippen LogP contribution in [-0.2, 0) is 30.4 Å². The van der Waals surface area contributed by atoms with E-state index in [1.54, 1.807) is 29.5 Å². The van der Waals surface area contributed by atoms with Crippen LogP contribution < -0.4 is 21.7 Å². The standard InChI is InChI=1S/C28H37N7O2.C23H29ClN4O.C11H23N3OSi/c1-19(2)22-10-12-34(17-22)28(37)33-26-6-4-3-5-20-15-21(7-8-24(20)26)25-9-11-29-27(32-25)31-23-16-30-35(18-23)13-14-36;1-15(2)18-10-12-28(14-18)23(29)27-21-6-4-3-5-16-13-17(7-8-19(16)21)20-9-11-25-22(24)26-20;1-11(2,3)16(4,5)15-7-6-14-9-10(12)8-13-14/h7-9,11,15-16,18-19,22,26,36H,3-6,10,12-14,17H2,1-2H3,(H,33,37)(H,29,31,32);7-9,11,13,15,18,21H,3-6,10,12,14H2,1-2H3,(H,27,29);8-9H,6-7,12H2,1-5H3. The average Bonchev–Trinajstić information content (AvgIpc) is 4.29. The summed E-state index contributed by atoms with van der Waals surface area (Å²) < 4.78 is 9.53. The third kappa shape index (κ3) is 16.7. The van der Waals surface area contributed by atoms with E-state index in [-0.39, 0.29) is 41.1 Å². The van der Waals surface area contributed by atoms with E-state index >= 15 is 0 Å². The number of urea groups is 2. The molecule has 4 aromatic heterocycles. The molecule has 4 atom stereocenters. The number of aliphatic hydroxyl groups excluding tert-OH is 1. The molecule has 2 aromatic carbocycles. The smallest absolute Gasteiger partial charge is 0.317 e. The number of nitrogens with one attached hydrogen (secondary N) is 3. The number of nitrogens with two attached hydrogens (primary N) is 1. The highest BCUT2D eigenvalue weighted by atomic mass is 35.5. The minimum absolute atomic E-state index is 0.0346. The molecule has 4 aliphatic rings. The molecule has 6 aromatic rings. The number of nitrogen functional groups attached to an aromatic ring is 1. The Kier molecular flexibility index (Phi) is 21.2. The van der Waals surface area contributed by atoms with Gasteiger partial charge in [0.25, 0.3) is 0 Å². The van der Waals surface area contributed by atoms with Gasteiger partial charge in [0.2, 0.25) is 11.2 Å². The number of aliphatic hydroxyl groups is 1. The Morgan fingerprint density at radius 2 is 1.27 bits per heavy atom. The summed E-state index contributed by atoms with van der Waals surface area (Å²) in [6.45, 7) is 25.6. The topological polar surface area (TPSA) is 219 Å². The SMILES string of the molecule is CC(C)(C)[Si](C)(C)OCCn1cc(N)cn1.CC(C)C1CCN(C(=O)NC2CCCCc3cc(-c4ccnc(Cl)n4)ccc32)C1.CC(C)C1CCN(C(=O)NC2CCCCc3cc(-c4ccnc(Nc5cnn(CCO)c5)n4)ccc32)C1. The van der Waals surface area contributed by atoms with E-state index in [4.69, 9.17) is 31.9 Å². The van der Waals surface area contributed by atoms with Crippen LogP contribution in [0.3, 0.4) is 0 Å². The molecule has 0 saturated carbocycles. The number of carbonyl (C=O) groups is 2. The van der Waals surface area contributed by atoms with Crippen molar-refractivity contribution in [2.45, 2.75) is 156 Å². The van der Waals surface area contributed by atoms with Crippen LogP contribution >= 0.6 is 11.6 Å². The quantitative estimate of drug-likeness (QED) is 0.0391. The number of aromatic nitrogens is 8. The zero-order valence-electron chi connectivity index (χ0n) is 49.9. The number of benzene rings is 2. The van der Waals surface area contributed by atoms with E-state index in [9.17, 15) is 9.59 Å². The number of aryl methyl sites for hydroxylation is 2. The van der Waals surface area contributed by atoms with Gasteiger partial charge in [-0.1, -0.05) is 85.6 Å². The van der Waals surface area contributed by atoms with Crippen LogP contribution in [0.4, 0.5) is 26.9 Å². The van der Waals surface area contributed by atoms with Crippen molar-refractivity contribution in [3.63, 3.8) is 0 Å². The van der Waals surface area contributed by atoms with Crippen molar-refractivity contribution in [3.05, 3.63) is 113 Å². The lowest BCUT2D eigenvalue weighted by molar-refractivity contribution is 0.199. The van der Waals surface area contributed by atoms with Gasteiger partial charge in [0.1, 0.15) is 0 Å². The molecule has 2 fully saturated rings. The molecular weight excluding hydrogens is 1070 g/mol. The van der Waals surface area contributed by atoms with Gasteiger partial charge in [-0.15, -0.1) is 0 Å². The second-order valence-electron chi connectivity index (χ2n) is 24.8. The normalized spacial score (nSPS) is 19.0. The molecule has 2 saturated heterocycles. The van der Waals surface area contributed by atoms with Gasteiger partial charge >= 0.3 is 12.1 Å². The van der Waals surface area contributed by atoms with E-state index in [1.807, 2.05) is 39.0 Å². The molecule has 20 heteroatoms. The Morgan fingerprint density at radius 3 is 1.77 bits per heavy atom. The summed E-state index contributed by atoms with van der Waals surface area (Å²) in [5.74, 6) is 2.94. The van der Waals surface area contributed by atoms with Crippen LogP contribution in [-0.4, -0.2) is 114 Å². The Balaban J connectivity index is 0.000000174. The Bertz CT molecular complexity index is 3050. The van der Waals surface area contributed by atoms with Crippen LogP contribution in [0.5, 0.6) is 0 Å². The highest BCUT2D eigenvalue weighted by molar-refractivity contribution is 6.74. The largest absolute Gasteiger partial charge is 0.415 e. The third-order valence-corrected chi connectivity index (χ3v) is 22.0. The Morgan fingerprint density at radius 1 is 0.732 bits per heavy atom. The zero-order valence-corrected chi connectivity index (χ0v) is 51.6. The number of hydrogen-bond acceptors (Lipinski definition) is 12. The number of likely N-dealkylation sites (tertiary alicyclic amines) is 2. The van der Waals surface area contributed by atoms with Gasteiger partial charge in [0.05, 0.1) is 73.5 Å². The van der Waals surface area contributed by atoms with Crippen LogP contribution in [0.25, 0.3) is 22.5 Å². The molecule has 18 nitrogen and oxygen atoms in total. The van der Waals surface area contributed by atoms with Gasteiger partial charge in [0.15, 0.2) is 8.32 Å². The summed E-state index contributed by atoms with van der Waals surface area (Å²) in [7, 11) is -1.62. The summed E-state index contributed by atoms with van der Waals surface area (Å²) in [6.07, 6.45) is 21.0. The van der Waals surface area contributed by atoms with E-state index in [2.05, 4.69) is 139 Å². The van der Waals surface area contributed by atoms with Crippen molar-refractivity contribution in [2.75, 3.05) is 50.4 Å². The fourth-order valence-corrected chi connectivity index (χ4v) is 12.2. The minimum atomic E-state index is -1.62. The van der Waals surface area contributed by atoms with Crippen molar-refractivity contribution in [1.29, 1.82) is 0 Å². The molecule has 10 rings (SSSR count). The summed E-state index contributed by atoms with van der Waals surface area (Å²) in [5.41, 5.74) is 15.8. The van der Waals surface area contributed by atoms with Crippen molar-refractivity contribution in [3.8, 4) is 22.5 Å². The maximum Gasteiger partial charge on any atom is 0.317 e. The maximum atomic E-state index is 13.1. The molecule has 0 spiro atoms. The molecule has 2 aliphatic heterocycles. The number of hydrogen-bond donors (Lipinski definition) is 5. The number of fused-ring (bicyclic) bond motifs is 2. The predicted molar refractivity (Wildman–Crippen MR) is 329 cm³/mol. The first-order valence-corrected chi connectivity index (χ1v) is 33.0. The van der Waals surface area contributed by atoms with Gasteiger partial charge in [-0.2, -0.15) is 10.2 Å². The summed E-state index contributed by atoms with van der Waals surface area (Å²) in [6, 6.07) is 16.9. The first kappa shape index (κ1) is 61.7. The molecule has 4 amide bonds. The van der Waals surface area contributed by atoms with E-state index in [0.29, 0.717) is 48.5 Å². The van der Waals surface area contributed by atoms with E-state index < -0.39 is 8.32 Å². The number of amides is 4. The van der Waals surface area contributed by atoms with E-state index in [1.165, 1.54) is 22.3 Å². The highest BCUT2D eigenvalue weighted by Crippen LogP contribution is 2.37. The van der Waals surface area contributed by atoms with E-state index in [0.717, 1.165) is 125 Å². The summed E-state index contributed by atoms with van der Waals surface area (Å²) >= 11 is 5.96. The first-order chi connectivity index (χ1) is 39.2. The second-order valence-corrected chi connectivity index (χ2v) is 29.9. The number of rotatable bonds is 14. The van der Waals surface area contributed by atoms with Gasteiger partial charge in [-0.3, -0.25) is 9.36 Å². The summed E-state index contributed by atoms with van der Waals surface area (Å²) in [5, 5.41) is 27.8. The molecule has 2 aliphatic carbocycles. The molecule has 0 radical (unpaired) electrons.